The number of aromatic nitrogens is 2. The maximum Gasteiger partial charge on any atom is 0.163 e. The Morgan fingerprint density at radius 2 is 2.00 bits per heavy atom. The lowest BCUT2D eigenvalue weighted by atomic mass is 10.2. The van der Waals surface area contributed by atoms with Crippen LogP contribution in [0.1, 0.15) is 24.6 Å². The van der Waals surface area contributed by atoms with Gasteiger partial charge in [0.25, 0.3) is 0 Å². The summed E-state index contributed by atoms with van der Waals surface area (Å²) in [5.74, 6) is 3.04. The quantitative estimate of drug-likeness (QED) is 0.825. The average molecular weight is 255 g/mol. The van der Waals surface area contributed by atoms with Crippen molar-refractivity contribution in [1.29, 1.82) is 5.26 Å². The molecule has 5 heteroatoms. The van der Waals surface area contributed by atoms with Crippen molar-refractivity contribution in [2.45, 2.75) is 25.3 Å². The number of imidazole rings is 1. The molecule has 1 aromatic carbocycles. The van der Waals surface area contributed by atoms with Crippen molar-refractivity contribution in [2.75, 3.05) is 13.2 Å². The van der Waals surface area contributed by atoms with Crippen LogP contribution < -0.4 is 9.47 Å². The molecule has 2 aromatic rings. The molecular weight excluding hydrogens is 242 g/mol. The van der Waals surface area contributed by atoms with E-state index in [0.717, 1.165) is 28.4 Å². The summed E-state index contributed by atoms with van der Waals surface area (Å²) < 4.78 is 13.2. The number of benzene rings is 1. The first-order valence-corrected chi connectivity index (χ1v) is 6.53. The number of rotatable bonds is 2. The van der Waals surface area contributed by atoms with Crippen LogP contribution in [0, 0.1) is 11.3 Å². The van der Waals surface area contributed by atoms with Crippen LogP contribution in [0.3, 0.4) is 0 Å². The molecule has 1 aromatic heterocycles. The van der Waals surface area contributed by atoms with Gasteiger partial charge in [-0.05, 0) is 12.8 Å². The molecule has 2 heterocycles. The molecule has 0 saturated heterocycles. The van der Waals surface area contributed by atoms with Crippen molar-refractivity contribution >= 4 is 11.0 Å². The first-order valence-electron chi connectivity index (χ1n) is 6.53. The van der Waals surface area contributed by atoms with Gasteiger partial charge in [-0.15, -0.1) is 0 Å². The van der Waals surface area contributed by atoms with Crippen molar-refractivity contribution < 1.29 is 9.47 Å². The van der Waals surface area contributed by atoms with E-state index in [1.807, 2.05) is 16.7 Å². The molecule has 0 bridgehead atoms. The number of hydrogen-bond acceptors (Lipinski definition) is 4. The summed E-state index contributed by atoms with van der Waals surface area (Å²) in [5, 5.41) is 9.01. The topological polar surface area (TPSA) is 60.1 Å². The molecule has 4 rings (SSSR count). The van der Waals surface area contributed by atoms with Crippen LogP contribution in [0.4, 0.5) is 0 Å². The van der Waals surface area contributed by atoms with E-state index >= 15 is 0 Å². The van der Waals surface area contributed by atoms with Gasteiger partial charge in [-0.25, -0.2) is 4.98 Å². The number of ether oxygens (including phenoxy) is 2. The number of hydrogen-bond donors (Lipinski definition) is 0. The molecule has 96 valence electrons. The lowest BCUT2D eigenvalue weighted by molar-refractivity contribution is 0.172. The van der Waals surface area contributed by atoms with Crippen molar-refractivity contribution in [3.05, 3.63) is 18.0 Å². The van der Waals surface area contributed by atoms with Crippen molar-refractivity contribution in [3.8, 4) is 17.6 Å². The lowest BCUT2D eigenvalue weighted by Gasteiger charge is -2.18. The van der Waals surface area contributed by atoms with E-state index in [-0.39, 0.29) is 0 Å². The molecule has 0 unspecified atom stereocenters. The second-order valence-electron chi connectivity index (χ2n) is 4.97. The van der Waals surface area contributed by atoms with E-state index in [0.29, 0.717) is 25.7 Å². The summed E-state index contributed by atoms with van der Waals surface area (Å²) in [7, 11) is 0. The molecule has 19 heavy (non-hydrogen) atoms. The third kappa shape index (κ3) is 1.64. The third-order valence-corrected chi connectivity index (χ3v) is 3.61. The van der Waals surface area contributed by atoms with Gasteiger partial charge in [0, 0.05) is 18.1 Å². The van der Waals surface area contributed by atoms with Crippen LogP contribution in [0.5, 0.6) is 11.5 Å². The fourth-order valence-corrected chi connectivity index (χ4v) is 2.57. The Bertz CT molecular complexity index is 695. The Kier molecular flexibility index (Phi) is 2.18. The Labute approximate surface area is 110 Å². The van der Waals surface area contributed by atoms with Gasteiger partial charge in [-0.2, -0.15) is 5.26 Å². The van der Waals surface area contributed by atoms with E-state index in [1.165, 1.54) is 12.8 Å². The second kappa shape index (κ2) is 3.89. The number of nitrogens with zero attached hydrogens (tertiary/aromatic N) is 3. The first-order chi connectivity index (χ1) is 9.36. The van der Waals surface area contributed by atoms with Crippen LogP contribution in [-0.4, -0.2) is 22.8 Å². The molecule has 1 aliphatic carbocycles. The zero-order chi connectivity index (χ0) is 12.8. The van der Waals surface area contributed by atoms with E-state index < -0.39 is 0 Å². The predicted octanol–water partition coefficient (Wildman–Crippen LogP) is 2.21. The molecule has 2 aliphatic rings. The fourth-order valence-electron chi connectivity index (χ4n) is 2.57. The Balaban J connectivity index is 1.94. The Morgan fingerprint density at radius 3 is 2.68 bits per heavy atom. The first kappa shape index (κ1) is 10.7. The molecule has 0 spiro atoms. The minimum Gasteiger partial charge on any atom is -0.486 e. The van der Waals surface area contributed by atoms with E-state index in [4.69, 9.17) is 14.7 Å². The van der Waals surface area contributed by atoms with Gasteiger partial charge in [0.2, 0.25) is 0 Å². The van der Waals surface area contributed by atoms with Crippen LogP contribution in [-0.2, 0) is 6.54 Å². The second-order valence-corrected chi connectivity index (χ2v) is 4.97. The fraction of sp³-hybridized carbons (Fsp3) is 0.429. The Hall–Kier alpha value is -2.22. The molecule has 0 radical (unpaired) electrons. The minimum absolute atomic E-state index is 0.335. The van der Waals surface area contributed by atoms with Crippen LogP contribution in [0.15, 0.2) is 12.1 Å². The molecular formula is C14H13N3O2. The monoisotopic (exact) mass is 255 g/mol. The smallest absolute Gasteiger partial charge is 0.163 e. The van der Waals surface area contributed by atoms with E-state index in [9.17, 15) is 0 Å². The number of nitriles is 1. The maximum atomic E-state index is 9.01. The summed E-state index contributed by atoms with van der Waals surface area (Å²) in [6.07, 6.45) is 2.34. The Morgan fingerprint density at radius 1 is 1.26 bits per heavy atom. The standard InChI is InChI=1S/C14H13N3O2/c15-3-4-17-11-8-13-12(18-5-6-19-13)7-10(11)16-14(17)9-1-2-9/h7-9H,1-2,4-6H2. The third-order valence-electron chi connectivity index (χ3n) is 3.61. The number of fused-ring (bicyclic) bond motifs is 2. The highest BCUT2D eigenvalue weighted by molar-refractivity contribution is 5.81. The average Bonchev–Trinajstić information content (AvgIpc) is 3.22. The van der Waals surface area contributed by atoms with E-state index in [2.05, 4.69) is 11.1 Å². The van der Waals surface area contributed by atoms with Crippen molar-refractivity contribution in [3.63, 3.8) is 0 Å². The highest BCUT2D eigenvalue weighted by Gasteiger charge is 2.30. The highest BCUT2D eigenvalue weighted by atomic mass is 16.6. The summed E-state index contributed by atoms with van der Waals surface area (Å²) in [4.78, 5) is 4.68. The zero-order valence-corrected chi connectivity index (χ0v) is 10.4. The molecule has 0 N–H and O–H groups in total. The van der Waals surface area contributed by atoms with Crippen LogP contribution in [0.25, 0.3) is 11.0 Å². The summed E-state index contributed by atoms with van der Waals surface area (Å²) in [6.45, 7) is 1.48. The van der Waals surface area contributed by atoms with Gasteiger partial charge < -0.3 is 14.0 Å². The van der Waals surface area contributed by atoms with Crippen molar-refractivity contribution in [1.82, 2.24) is 9.55 Å². The lowest BCUT2D eigenvalue weighted by Crippen LogP contribution is -2.15. The maximum absolute atomic E-state index is 9.01. The summed E-state index contributed by atoms with van der Waals surface area (Å²) in [6, 6.07) is 6.08. The van der Waals surface area contributed by atoms with Crippen LogP contribution in [0.2, 0.25) is 0 Å². The largest absolute Gasteiger partial charge is 0.486 e. The predicted molar refractivity (Wildman–Crippen MR) is 68.3 cm³/mol. The molecule has 1 aliphatic heterocycles. The zero-order valence-electron chi connectivity index (χ0n) is 10.4. The normalized spacial score (nSPS) is 17.4. The molecule has 1 saturated carbocycles. The minimum atomic E-state index is 0.335. The van der Waals surface area contributed by atoms with Gasteiger partial charge in [0.05, 0.1) is 17.1 Å². The summed E-state index contributed by atoms with van der Waals surface area (Å²) >= 11 is 0. The van der Waals surface area contributed by atoms with E-state index in [1.54, 1.807) is 0 Å². The highest BCUT2D eigenvalue weighted by Crippen LogP contribution is 2.42. The molecule has 1 fully saturated rings. The molecule has 0 atom stereocenters. The van der Waals surface area contributed by atoms with Gasteiger partial charge in [0.15, 0.2) is 11.5 Å². The van der Waals surface area contributed by atoms with Crippen molar-refractivity contribution in [2.24, 2.45) is 0 Å². The molecule has 5 nitrogen and oxygen atoms in total. The molecule has 0 amide bonds. The van der Waals surface area contributed by atoms with Gasteiger partial charge in [0.1, 0.15) is 25.6 Å². The van der Waals surface area contributed by atoms with Gasteiger partial charge in [-0.3, -0.25) is 0 Å². The van der Waals surface area contributed by atoms with Gasteiger partial charge in [-0.1, -0.05) is 0 Å². The SMILES string of the molecule is N#CCn1c(C2CC2)nc2cc3c(cc21)OCCO3. The summed E-state index contributed by atoms with van der Waals surface area (Å²) in [5.41, 5.74) is 1.86. The van der Waals surface area contributed by atoms with Crippen LogP contribution >= 0.6 is 0 Å². The van der Waals surface area contributed by atoms with Gasteiger partial charge >= 0.3 is 0 Å².